The molecule has 2 saturated carbocycles. The molecule has 0 saturated heterocycles. The first-order valence-electron chi connectivity index (χ1n) is 5.28. The highest BCUT2D eigenvalue weighted by atomic mass is 16.5. The van der Waals surface area contributed by atoms with Crippen molar-refractivity contribution in [1.82, 2.24) is 0 Å². The van der Waals surface area contributed by atoms with Crippen LogP contribution in [-0.2, 0) is 19.1 Å². The first-order valence-corrected chi connectivity index (χ1v) is 5.28. The Morgan fingerprint density at radius 2 is 2.00 bits per heavy atom. The normalized spacial score (nSPS) is 35.1. The molecule has 0 amide bonds. The number of esters is 1. The number of carbonyl (C=O) groups excluding carboxylic acids is 3. The van der Waals surface area contributed by atoms with Gasteiger partial charge in [-0.1, -0.05) is 6.42 Å². The van der Waals surface area contributed by atoms with Gasteiger partial charge in [-0.05, 0) is 12.8 Å². The summed E-state index contributed by atoms with van der Waals surface area (Å²) in [5.74, 6) is -1.38. The van der Waals surface area contributed by atoms with Crippen molar-refractivity contribution in [2.24, 2.45) is 17.8 Å². The maximum Gasteiger partial charge on any atom is 0.309 e. The van der Waals surface area contributed by atoms with E-state index in [1.54, 1.807) is 0 Å². The molecule has 0 spiro atoms. The zero-order chi connectivity index (χ0) is 11.0. The Bertz CT molecular complexity index is 321. The number of fused-ring (bicyclic) bond motifs is 1. The van der Waals surface area contributed by atoms with Gasteiger partial charge < -0.3 is 4.74 Å². The van der Waals surface area contributed by atoms with E-state index in [2.05, 4.69) is 4.74 Å². The van der Waals surface area contributed by atoms with Crippen LogP contribution < -0.4 is 0 Å². The van der Waals surface area contributed by atoms with E-state index in [0.29, 0.717) is 6.42 Å². The first-order chi connectivity index (χ1) is 7.15. The molecule has 0 aromatic rings. The topological polar surface area (TPSA) is 60.4 Å². The van der Waals surface area contributed by atoms with Crippen LogP contribution in [0.5, 0.6) is 0 Å². The summed E-state index contributed by atoms with van der Waals surface area (Å²) in [4.78, 5) is 34.6. The lowest BCUT2D eigenvalue weighted by atomic mass is 9.73. The molecule has 4 nitrogen and oxygen atoms in total. The van der Waals surface area contributed by atoms with Crippen molar-refractivity contribution in [3.8, 4) is 0 Å². The molecular formula is C11H14O4. The molecule has 0 aliphatic heterocycles. The zero-order valence-corrected chi connectivity index (χ0v) is 8.69. The van der Waals surface area contributed by atoms with E-state index >= 15 is 0 Å². The van der Waals surface area contributed by atoms with Crippen molar-refractivity contribution < 1.29 is 19.1 Å². The summed E-state index contributed by atoms with van der Waals surface area (Å²) in [7, 11) is 1.33. The molecule has 0 aromatic heterocycles. The predicted molar refractivity (Wildman–Crippen MR) is 51.0 cm³/mol. The Kier molecular flexibility index (Phi) is 2.59. The number of ketones is 2. The summed E-state index contributed by atoms with van der Waals surface area (Å²) >= 11 is 0. The van der Waals surface area contributed by atoms with Crippen LogP contribution in [0, 0.1) is 17.8 Å². The van der Waals surface area contributed by atoms with E-state index in [4.69, 9.17) is 0 Å². The minimum absolute atomic E-state index is 0.0126. The predicted octanol–water partition coefficient (Wildman–Crippen LogP) is 0.734. The van der Waals surface area contributed by atoms with Crippen LogP contribution in [0.4, 0.5) is 0 Å². The molecule has 0 aromatic carbocycles. The molecule has 82 valence electrons. The summed E-state index contributed by atoms with van der Waals surface area (Å²) in [6.45, 7) is 0. The van der Waals surface area contributed by atoms with Gasteiger partial charge >= 0.3 is 5.97 Å². The molecule has 2 fully saturated rings. The first kappa shape index (κ1) is 10.3. The molecule has 0 bridgehead atoms. The van der Waals surface area contributed by atoms with Crippen molar-refractivity contribution in [2.45, 2.75) is 25.7 Å². The fraction of sp³-hybridized carbons (Fsp3) is 0.727. The average Bonchev–Trinajstić information content (AvgIpc) is 2.54. The van der Waals surface area contributed by atoms with Crippen molar-refractivity contribution >= 4 is 17.5 Å². The molecule has 2 rings (SSSR count). The lowest BCUT2D eigenvalue weighted by molar-refractivity contribution is -0.152. The van der Waals surface area contributed by atoms with Gasteiger partial charge in [0, 0.05) is 11.8 Å². The van der Waals surface area contributed by atoms with E-state index < -0.39 is 5.92 Å². The van der Waals surface area contributed by atoms with Crippen LogP contribution in [-0.4, -0.2) is 24.6 Å². The number of hydrogen-bond acceptors (Lipinski definition) is 4. The number of ether oxygens (including phenoxy) is 1. The third-order valence-electron chi connectivity index (χ3n) is 3.53. The highest BCUT2D eigenvalue weighted by molar-refractivity contribution is 6.10. The average molecular weight is 210 g/mol. The van der Waals surface area contributed by atoms with Crippen molar-refractivity contribution in [2.75, 3.05) is 7.11 Å². The number of Topliss-reactive ketones (excluding diaryl/α,β-unsaturated/α-hetero) is 2. The van der Waals surface area contributed by atoms with Gasteiger partial charge in [0.2, 0.25) is 0 Å². The maximum atomic E-state index is 11.6. The molecular weight excluding hydrogens is 196 g/mol. The smallest absolute Gasteiger partial charge is 0.309 e. The third kappa shape index (κ3) is 1.58. The fourth-order valence-corrected chi connectivity index (χ4v) is 2.84. The number of methoxy groups -OCH3 is 1. The number of rotatable bonds is 1. The third-order valence-corrected chi connectivity index (χ3v) is 3.53. The molecule has 2 aliphatic carbocycles. The Hall–Kier alpha value is -1.19. The lowest BCUT2D eigenvalue weighted by Crippen LogP contribution is -2.36. The summed E-state index contributed by atoms with van der Waals surface area (Å²) in [5.41, 5.74) is 0. The minimum Gasteiger partial charge on any atom is -0.469 e. The number of hydrogen-bond donors (Lipinski definition) is 0. The molecule has 0 heterocycles. The Labute approximate surface area is 88.0 Å². The second kappa shape index (κ2) is 3.76. The Morgan fingerprint density at radius 1 is 1.27 bits per heavy atom. The highest BCUT2D eigenvalue weighted by Gasteiger charge is 2.49. The molecule has 3 unspecified atom stereocenters. The number of carbonyl (C=O) groups is 3. The standard InChI is InChI=1S/C11H14O4/c1-15-11(14)7-4-2-3-6-8(12)5-9(13)10(6)7/h6-7,10H,2-5H2,1H3. The van der Waals surface area contributed by atoms with Crippen LogP contribution >= 0.6 is 0 Å². The molecule has 3 atom stereocenters. The molecule has 4 heteroatoms. The quantitative estimate of drug-likeness (QED) is 0.473. The van der Waals surface area contributed by atoms with Crippen LogP contribution in [0.15, 0.2) is 0 Å². The van der Waals surface area contributed by atoms with Gasteiger partial charge in [0.1, 0.15) is 11.6 Å². The molecule has 15 heavy (non-hydrogen) atoms. The summed E-state index contributed by atoms with van der Waals surface area (Å²) in [6, 6.07) is 0. The second-order valence-corrected chi connectivity index (χ2v) is 4.30. The second-order valence-electron chi connectivity index (χ2n) is 4.30. The van der Waals surface area contributed by atoms with E-state index in [0.717, 1.165) is 12.8 Å². The van der Waals surface area contributed by atoms with Gasteiger partial charge in [0.25, 0.3) is 0 Å². The van der Waals surface area contributed by atoms with Crippen LogP contribution in [0.1, 0.15) is 25.7 Å². The van der Waals surface area contributed by atoms with Gasteiger partial charge in [-0.3, -0.25) is 14.4 Å². The SMILES string of the molecule is COC(=O)C1CCCC2C(=O)CC(=O)C21. The fourth-order valence-electron chi connectivity index (χ4n) is 2.84. The monoisotopic (exact) mass is 210 g/mol. The molecule has 0 N–H and O–H groups in total. The van der Waals surface area contributed by atoms with Gasteiger partial charge in [-0.2, -0.15) is 0 Å². The summed E-state index contributed by atoms with van der Waals surface area (Å²) < 4.78 is 4.68. The van der Waals surface area contributed by atoms with Crippen LogP contribution in [0.3, 0.4) is 0 Å². The zero-order valence-electron chi connectivity index (χ0n) is 8.69. The maximum absolute atomic E-state index is 11.6. The van der Waals surface area contributed by atoms with Crippen molar-refractivity contribution in [1.29, 1.82) is 0 Å². The van der Waals surface area contributed by atoms with E-state index in [1.807, 2.05) is 0 Å². The van der Waals surface area contributed by atoms with E-state index in [1.165, 1.54) is 7.11 Å². The van der Waals surface area contributed by atoms with E-state index in [9.17, 15) is 14.4 Å². The Morgan fingerprint density at radius 3 is 2.67 bits per heavy atom. The summed E-state index contributed by atoms with van der Waals surface area (Å²) in [6.07, 6.45) is 2.28. The van der Waals surface area contributed by atoms with Gasteiger partial charge in [0.05, 0.1) is 19.4 Å². The lowest BCUT2D eigenvalue weighted by Gasteiger charge is -2.29. The Balaban J connectivity index is 2.24. The summed E-state index contributed by atoms with van der Waals surface area (Å²) in [5, 5.41) is 0. The highest BCUT2D eigenvalue weighted by Crippen LogP contribution is 2.42. The van der Waals surface area contributed by atoms with Crippen molar-refractivity contribution in [3.05, 3.63) is 0 Å². The van der Waals surface area contributed by atoms with Gasteiger partial charge in [0.15, 0.2) is 0 Å². The van der Waals surface area contributed by atoms with E-state index in [-0.39, 0.29) is 35.8 Å². The van der Waals surface area contributed by atoms with Crippen molar-refractivity contribution in [3.63, 3.8) is 0 Å². The molecule has 0 radical (unpaired) electrons. The van der Waals surface area contributed by atoms with Crippen LogP contribution in [0.2, 0.25) is 0 Å². The molecule has 2 aliphatic rings. The van der Waals surface area contributed by atoms with Gasteiger partial charge in [-0.25, -0.2) is 0 Å². The largest absolute Gasteiger partial charge is 0.469 e. The minimum atomic E-state index is -0.390. The van der Waals surface area contributed by atoms with Gasteiger partial charge in [-0.15, -0.1) is 0 Å². The van der Waals surface area contributed by atoms with Crippen LogP contribution in [0.25, 0.3) is 0 Å².